The standard InChI is InChI=1S/C22H42N4O/c1-4-23-22(25-21-16-20(21)18-8-6-5-7-9-18)24-19-10-12-26(13-11-19)14-15-27-17(2)3/h17-21H,4-16H2,1-3H3,(H2,23,24,25). The van der Waals surface area contributed by atoms with Crippen molar-refractivity contribution in [1.29, 1.82) is 0 Å². The fourth-order valence-electron chi connectivity index (χ4n) is 4.84. The first-order valence-electron chi connectivity index (χ1n) is 11.6. The summed E-state index contributed by atoms with van der Waals surface area (Å²) in [5, 5.41) is 7.48. The van der Waals surface area contributed by atoms with E-state index in [1.807, 2.05) is 0 Å². The molecule has 1 heterocycles. The topological polar surface area (TPSA) is 48.9 Å². The monoisotopic (exact) mass is 378 g/mol. The molecule has 2 aliphatic carbocycles. The molecule has 2 N–H and O–H groups in total. The third kappa shape index (κ3) is 6.94. The van der Waals surface area contributed by atoms with Crippen LogP contribution in [-0.2, 0) is 4.74 Å². The third-order valence-electron chi connectivity index (χ3n) is 6.52. The van der Waals surface area contributed by atoms with Gasteiger partial charge in [-0.25, -0.2) is 0 Å². The summed E-state index contributed by atoms with van der Waals surface area (Å²) in [4.78, 5) is 7.26. The van der Waals surface area contributed by atoms with Crippen molar-refractivity contribution in [3.05, 3.63) is 0 Å². The number of guanidine groups is 1. The Morgan fingerprint density at radius 2 is 1.81 bits per heavy atom. The number of ether oxygens (including phenoxy) is 1. The average Bonchev–Trinajstić information content (AvgIpc) is 3.43. The number of hydrogen-bond donors (Lipinski definition) is 2. The van der Waals surface area contributed by atoms with Crippen molar-refractivity contribution in [2.24, 2.45) is 16.8 Å². The molecule has 0 aromatic heterocycles. The van der Waals surface area contributed by atoms with E-state index in [1.54, 1.807) is 0 Å². The molecule has 2 unspecified atom stereocenters. The van der Waals surface area contributed by atoms with Gasteiger partial charge >= 0.3 is 0 Å². The lowest BCUT2D eigenvalue weighted by Gasteiger charge is -2.33. The van der Waals surface area contributed by atoms with E-state index >= 15 is 0 Å². The minimum Gasteiger partial charge on any atom is -0.377 e. The van der Waals surface area contributed by atoms with Crippen LogP contribution in [0.25, 0.3) is 0 Å². The summed E-state index contributed by atoms with van der Waals surface area (Å²) >= 11 is 0. The van der Waals surface area contributed by atoms with Gasteiger partial charge in [-0.15, -0.1) is 0 Å². The van der Waals surface area contributed by atoms with Gasteiger partial charge in [0.05, 0.1) is 12.7 Å². The summed E-state index contributed by atoms with van der Waals surface area (Å²) in [6.45, 7) is 11.4. The molecule has 2 saturated carbocycles. The number of rotatable bonds is 8. The highest BCUT2D eigenvalue weighted by molar-refractivity contribution is 5.80. The van der Waals surface area contributed by atoms with Crippen LogP contribution in [0.15, 0.2) is 4.99 Å². The van der Waals surface area contributed by atoms with Crippen LogP contribution in [0.3, 0.4) is 0 Å². The van der Waals surface area contributed by atoms with E-state index in [9.17, 15) is 0 Å². The van der Waals surface area contributed by atoms with E-state index in [2.05, 4.69) is 36.3 Å². The van der Waals surface area contributed by atoms with Crippen LogP contribution in [0.4, 0.5) is 0 Å². The summed E-state index contributed by atoms with van der Waals surface area (Å²) in [6.07, 6.45) is 11.3. The second-order valence-corrected chi connectivity index (χ2v) is 9.05. The Morgan fingerprint density at radius 1 is 1.07 bits per heavy atom. The molecular weight excluding hydrogens is 336 g/mol. The van der Waals surface area contributed by atoms with Gasteiger partial charge in [0.1, 0.15) is 0 Å². The zero-order chi connectivity index (χ0) is 19.1. The molecule has 1 saturated heterocycles. The normalized spacial score (nSPS) is 28.5. The average molecular weight is 379 g/mol. The highest BCUT2D eigenvalue weighted by Crippen LogP contribution is 2.44. The van der Waals surface area contributed by atoms with Crippen LogP contribution in [0.2, 0.25) is 0 Å². The SMILES string of the molecule is CCN=C(NC1CCN(CCOC(C)C)CC1)NC1CC1C1CCCCC1. The summed E-state index contributed by atoms with van der Waals surface area (Å²) < 4.78 is 5.69. The maximum absolute atomic E-state index is 5.69. The van der Waals surface area contributed by atoms with Crippen molar-refractivity contribution < 1.29 is 4.74 Å². The van der Waals surface area contributed by atoms with Crippen LogP contribution in [0.5, 0.6) is 0 Å². The molecule has 3 rings (SSSR count). The first kappa shape index (κ1) is 20.9. The molecule has 2 atom stereocenters. The molecule has 0 radical (unpaired) electrons. The number of hydrogen-bond acceptors (Lipinski definition) is 3. The van der Waals surface area contributed by atoms with E-state index in [0.29, 0.717) is 18.2 Å². The van der Waals surface area contributed by atoms with Crippen molar-refractivity contribution in [2.45, 2.75) is 90.3 Å². The van der Waals surface area contributed by atoms with Gasteiger partial charge in [-0.1, -0.05) is 32.1 Å². The maximum atomic E-state index is 5.69. The lowest BCUT2D eigenvalue weighted by Crippen LogP contribution is -2.50. The van der Waals surface area contributed by atoms with Gasteiger partial charge in [-0.05, 0) is 51.9 Å². The minimum absolute atomic E-state index is 0.336. The van der Waals surface area contributed by atoms with E-state index in [-0.39, 0.29) is 0 Å². The van der Waals surface area contributed by atoms with Crippen molar-refractivity contribution in [2.75, 3.05) is 32.8 Å². The van der Waals surface area contributed by atoms with E-state index in [1.165, 1.54) is 51.4 Å². The van der Waals surface area contributed by atoms with E-state index in [0.717, 1.165) is 50.6 Å². The van der Waals surface area contributed by atoms with E-state index < -0.39 is 0 Å². The molecule has 5 heteroatoms. The van der Waals surface area contributed by atoms with Gasteiger partial charge in [0.2, 0.25) is 0 Å². The van der Waals surface area contributed by atoms with Gasteiger partial charge in [0.15, 0.2) is 5.96 Å². The third-order valence-corrected chi connectivity index (χ3v) is 6.52. The Bertz CT molecular complexity index is 453. The molecule has 0 aromatic carbocycles. The predicted molar refractivity (Wildman–Crippen MR) is 113 cm³/mol. The van der Waals surface area contributed by atoms with Gasteiger partial charge in [0.25, 0.3) is 0 Å². The number of piperidine rings is 1. The Balaban J connectivity index is 1.36. The van der Waals surface area contributed by atoms with Gasteiger partial charge in [-0.3, -0.25) is 4.99 Å². The van der Waals surface area contributed by atoms with Crippen LogP contribution < -0.4 is 10.6 Å². The number of nitrogens with one attached hydrogen (secondary N) is 2. The molecule has 3 aliphatic rings. The molecule has 0 aromatic rings. The van der Waals surface area contributed by atoms with Crippen molar-refractivity contribution in [3.8, 4) is 0 Å². The van der Waals surface area contributed by atoms with Crippen LogP contribution >= 0.6 is 0 Å². The van der Waals surface area contributed by atoms with Crippen LogP contribution in [0, 0.1) is 11.8 Å². The molecule has 0 amide bonds. The summed E-state index contributed by atoms with van der Waals surface area (Å²) in [6, 6.07) is 1.22. The number of aliphatic imine (C=N–C) groups is 1. The van der Waals surface area contributed by atoms with Crippen LogP contribution in [-0.4, -0.2) is 61.8 Å². The van der Waals surface area contributed by atoms with Crippen molar-refractivity contribution >= 4 is 5.96 Å². The lowest BCUT2D eigenvalue weighted by atomic mass is 9.85. The Kier molecular flexibility index (Phi) is 8.25. The van der Waals surface area contributed by atoms with Crippen molar-refractivity contribution in [1.82, 2.24) is 15.5 Å². The molecule has 156 valence electrons. The lowest BCUT2D eigenvalue weighted by molar-refractivity contribution is 0.0532. The molecule has 0 bridgehead atoms. The zero-order valence-corrected chi connectivity index (χ0v) is 17.9. The Labute approximate surface area is 166 Å². The second-order valence-electron chi connectivity index (χ2n) is 9.05. The highest BCUT2D eigenvalue weighted by atomic mass is 16.5. The first-order valence-corrected chi connectivity index (χ1v) is 11.6. The summed E-state index contributed by atoms with van der Waals surface area (Å²) in [5.41, 5.74) is 0. The molecule has 3 fully saturated rings. The molecule has 1 aliphatic heterocycles. The Hall–Kier alpha value is -0.810. The predicted octanol–water partition coefficient (Wildman–Crippen LogP) is 3.40. The largest absolute Gasteiger partial charge is 0.377 e. The number of nitrogens with zero attached hydrogens (tertiary/aromatic N) is 2. The highest BCUT2D eigenvalue weighted by Gasteiger charge is 2.43. The minimum atomic E-state index is 0.336. The fourth-order valence-corrected chi connectivity index (χ4v) is 4.84. The quantitative estimate of drug-likeness (QED) is 0.502. The first-order chi connectivity index (χ1) is 13.2. The fraction of sp³-hybridized carbons (Fsp3) is 0.955. The zero-order valence-electron chi connectivity index (χ0n) is 17.9. The molecule has 27 heavy (non-hydrogen) atoms. The summed E-state index contributed by atoms with van der Waals surface area (Å²) in [7, 11) is 0. The second kappa shape index (κ2) is 10.7. The van der Waals surface area contributed by atoms with Gasteiger partial charge < -0.3 is 20.3 Å². The van der Waals surface area contributed by atoms with E-state index in [4.69, 9.17) is 9.73 Å². The van der Waals surface area contributed by atoms with Gasteiger partial charge in [-0.2, -0.15) is 0 Å². The Morgan fingerprint density at radius 3 is 2.48 bits per heavy atom. The summed E-state index contributed by atoms with van der Waals surface area (Å²) in [5.74, 6) is 2.93. The smallest absolute Gasteiger partial charge is 0.191 e. The number of likely N-dealkylation sites (tertiary alicyclic amines) is 1. The van der Waals surface area contributed by atoms with Crippen molar-refractivity contribution in [3.63, 3.8) is 0 Å². The van der Waals surface area contributed by atoms with Gasteiger partial charge in [0, 0.05) is 38.3 Å². The van der Waals surface area contributed by atoms with Crippen LogP contribution in [0.1, 0.15) is 72.1 Å². The maximum Gasteiger partial charge on any atom is 0.191 e. The molecular formula is C22H42N4O. The molecule has 0 spiro atoms. The molecule has 5 nitrogen and oxygen atoms in total.